The van der Waals surface area contributed by atoms with E-state index in [-0.39, 0.29) is 17.7 Å². The molecule has 3 fully saturated rings. The SMILES string of the molecule is CCCCc1ccc(N2c3cc4c(cc3B3c5c(cc(C)cc52)-c2cc(C5(CC)CC6CCC(C6)C5)cc5c6cc(C78CC=C(CC(C)C7)C8)ccc6n3c25)oc2ccccc24)c(-c2ccccc2)c1. The van der Waals surface area contributed by atoms with Crippen LogP contribution in [-0.2, 0) is 17.3 Å². The highest BCUT2D eigenvalue weighted by Gasteiger charge is 2.48. The zero-order valence-corrected chi connectivity index (χ0v) is 41.5. The van der Waals surface area contributed by atoms with Gasteiger partial charge in [-0.05, 0) is 199 Å². The first-order valence-electron chi connectivity index (χ1n) is 27.2. The summed E-state index contributed by atoms with van der Waals surface area (Å²) in [4.78, 5) is 2.67. The number of aromatic nitrogens is 1. The van der Waals surface area contributed by atoms with Crippen LogP contribution in [0.1, 0.15) is 120 Å². The smallest absolute Gasteiger partial charge is 0.333 e. The highest BCUT2D eigenvalue weighted by atomic mass is 16.3. The van der Waals surface area contributed by atoms with E-state index in [0.717, 1.165) is 29.4 Å². The van der Waals surface area contributed by atoms with Gasteiger partial charge >= 0.3 is 6.85 Å². The molecule has 0 spiro atoms. The summed E-state index contributed by atoms with van der Waals surface area (Å²) in [5, 5.41) is 5.23. The molecule has 2 aliphatic heterocycles. The molecule has 7 aromatic carbocycles. The van der Waals surface area contributed by atoms with Gasteiger partial charge in [0.2, 0.25) is 0 Å². The lowest BCUT2D eigenvalue weighted by Crippen LogP contribution is -2.56. The van der Waals surface area contributed by atoms with E-state index in [4.69, 9.17) is 4.42 Å². The number of allylic oxidation sites excluding steroid dienone is 2. The predicted octanol–water partition coefficient (Wildman–Crippen LogP) is 16.7. The number of benzene rings is 7. The van der Waals surface area contributed by atoms with Crippen LogP contribution in [0.5, 0.6) is 0 Å². The molecule has 6 aliphatic rings. The van der Waals surface area contributed by atoms with E-state index in [1.54, 1.807) is 16.7 Å². The Bertz CT molecular complexity index is 3690. The van der Waals surface area contributed by atoms with Gasteiger partial charge in [0, 0.05) is 60.5 Å². The van der Waals surface area contributed by atoms with Gasteiger partial charge in [-0.3, -0.25) is 0 Å². The number of rotatable bonds is 8. The molecule has 0 N–H and O–H groups in total. The molecule has 4 bridgehead atoms. The topological polar surface area (TPSA) is 21.3 Å². The van der Waals surface area contributed by atoms with Crippen molar-refractivity contribution in [3.8, 4) is 22.3 Å². The first-order chi connectivity index (χ1) is 34.3. The van der Waals surface area contributed by atoms with Crippen LogP contribution in [0.15, 0.2) is 143 Å². The van der Waals surface area contributed by atoms with Crippen molar-refractivity contribution in [3.63, 3.8) is 0 Å². The maximum atomic E-state index is 6.88. The highest BCUT2D eigenvalue weighted by Crippen LogP contribution is 2.57. The summed E-state index contributed by atoms with van der Waals surface area (Å²) in [6, 6.07) is 50.4. The molecule has 70 heavy (non-hydrogen) atoms. The Morgan fingerprint density at radius 1 is 0.686 bits per heavy atom. The van der Waals surface area contributed by atoms with E-state index in [9.17, 15) is 0 Å². The molecular weight excluding hydrogens is 848 g/mol. The zero-order chi connectivity index (χ0) is 46.6. The molecule has 0 radical (unpaired) electrons. The number of unbranched alkanes of at least 4 members (excludes halogenated alkanes) is 1. The number of para-hydroxylation sites is 1. The van der Waals surface area contributed by atoms with Crippen molar-refractivity contribution < 1.29 is 4.42 Å². The van der Waals surface area contributed by atoms with E-state index >= 15 is 0 Å². The molecule has 4 heterocycles. The van der Waals surface area contributed by atoms with Gasteiger partial charge in [-0.2, -0.15) is 0 Å². The number of furan rings is 1. The van der Waals surface area contributed by atoms with E-state index in [2.05, 4.69) is 171 Å². The van der Waals surface area contributed by atoms with Crippen LogP contribution in [0, 0.1) is 24.7 Å². The first-order valence-corrected chi connectivity index (χ1v) is 27.2. The van der Waals surface area contributed by atoms with Crippen molar-refractivity contribution >= 4 is 78.6 Å². The summed E-state index contributed by atoms with van der Waals surface area (Å²) >= 11 is 0. The number of anilines is 3. The third-order valence-corrected chi connectivity index (χ3v) is 19.1. The minimum atomic E-state index is -0.0547. The fourth-order valence-corrected chi connectivity index (χ4v) is 16.2. The van der Waals surface area contributed by atoms with Crippen molar-refractivity contribution in [2.75, 3.05) is 4.90 Å². The van der Waals surface area contributed by atoms with Crippen molar-refractivity contribution in [1.29, 1.82) is 0 Å². The summed E-state index contributed by atoms with van der Waals surface area (Å²) in [6.07, 6.45) is 19.1. The Kier molecular flexibility index (Phi) is 8.97. The van der Waals surface area contributed by atoms with E-state index in [0.29, 0.717) is 5.92 Å². The van der Waals surface area contributed by atoms with Crippen LogP contribution < -0.4 is 15.8 Å². The van der Waals surface area contributed by atoms with Crippen LogP contribution in [0.2, 0.25) is 0 Å². The van der Waals surface area contributed by atoms with Crippen LogP contribution in [0.25, 0.3) is 66.0 Å². The summed E-state index contributed by atoms with van der Waals surface area (Å²) < 4.78 is 9.69. The van der Waals surface area contributed by atoms with Crippen LogP contribution in [0.3, 0.4) is 0 Å². The monoisotopic (exact) mass is 911 g/mol. The van der Waals surface area contributed by atoms with Crippen molar-refractivity contribution in [2.24, 2.45) is 17.8 Å². The van der Waals surface area contributed by atoms with Gasteiger partial charge in [0.15, 0.2) is 0 Å². The maximum absolute atomic E-state index is 6.88. The Morgan fingerprint density at radius 2 is 1.51 bits per heavy atom. The maximum Gasteiger partial charge on any atom is 0.333 e. The summed E-state index contributed by atoms with van der Waals surface area (Å²) in [5.74, 6) is 2.41. The molecular formula is C66H63BN2O. The lowest BCUT2D eigenvalue weighted by atomic mass is 9.45. The van der Waals surface area contributed by atoms with Crippen molar-refractivity contribution in [2.45, 2.75) is 122 Å². The predicted molar refractivity (Wildman–Crippen MR) is 295 cm³/mol. The van der Waals surface area contributed by atoms with E-state index in [1.807, 2.05) is 0 Å². The molecule has 3 saturated carbocycles. The zero-order valence-electron chi connectivity index (χ0n) is 41.5. The van der Waals surface area contributed by atoms with Gasteiger partial charge < -0.3 is 13.8 Å². The fourth-order valence-electron chi connectivity index (χ4n) is 16.2. The Balaban J connectivity index is 1.05. The third-order valence-electron chi connectivity index (χ3n) is 19.1. The summed E-state index contributed by atoms with van der Waals surface area (Å²) in [6.45, 7) is 9.59. The summed E-state index contributed by atoms with van der Waals surface area (Å²) in [5.41, 5.74) is 24.4. The quantitative estimate of drug-likeness (QED) is 0.112. The standard InChI is InChI=1S/C66H63BN2O/c1-5-7-13-42-20-22-57(50(30-42)46-14-9-8-10-15-46)68-59-34-52-49-16-11-12-17-61(49)70-62(52)35-56(59)67-63-53(27-40(3)28-60(63)68)55-33-48(65(6-2)37-43-18-19-44(29-43)38-65)32-54-51-31-47(21-23-58(51)69(67)64(54)55)66-25-24-45(39-66)26-41(4)36-66/h8-12,14-17,20-24,27-28,30-35,41,43-44H,5-7,13,18-19,25-26,29,36-39H2,1-4H3. The molecule has 2 aromatic heterocycles. The van der Waals surface area contributed by atoms with Gasteiger partial charge in [0.1, 0.15) is 11.2 Å². The molecule has 15 rings (SSSR count). The molecule has 4 heteroatoms. The van der Waals surface area contributed by atoms with Crippen LogP contribution in [-0.4, -0.2) is 11.3 Å². The number of hydrogen-bond donors (Lipinski definition) is 0. The van der Waals surface area contributed by atoms with E-state index < -0.39 is 0 Å². The minimum Gasteiger partial charge on any atom is -0.456 e. The highest BCUT2D eigenvalue weighted by molar-refractivity contribution is 6.90. The lowest BCUT2D eigenvalue weighted by molar-refractivity contribution is 0.207. The minimum absolute atomic E-state index is 0.0547. The second-order valence-electron chi connectivity index (χ2n) is 23.5. The van der Waals surface area contributed by atoms with Gasteiger partial charge in [-0.25, -0.2) is 0 Å². The fraction of sp³-hybridized carbons (Fsp3) is 0.333. The van der Waals surface area contributed by atoms with Gasteiger partial charge in [-0.15, -0.1) is 0 Å². The van der Waals surface area contributed by atoms with Crippen LogP contribution in [0.4, 0.5) is 17.1 Å². The molecule has 4 atom stereocenters. The van der Waals surface area contributed by atoms with Crippen LogP contribution >= 0.6 is 0 Å². The van der Waals surface area contributed by atoms with Gasteiger partial charge in [0.05, 0.1) is 5.69 Å². The Labute approximate surface area is 413 Å². The molecule has 4 aliphatic carbocycles. The molecule has 9 aromatic rings. The Hall–Kier alpha value is -6.26. The number of aryl methyl sites for hydroxylation is 2. The summed E-state index contributed by atoms with van der Waals surface area (Å²) in [7, 11) is 0. The van der Waals surface area contributed by atoms with Gasteiger partial charge in [0.25, 0.3) is 0 Å². The molecule has 0 saturated heterocycles. The normalized spacial score (nSPS) is 24.0. The second kappa shape index (κ2) is 15.1. The number of hydrogen-bond acceptors (Lipinski definition) is 2. The Morgan fingerprint density at radius 3 is 2.36 bits per heavy atom. The lowest BCUT2D eigenvalue weighted by Gasteiger charge is -2.43. The largest absolute Gasteiger partial charge is 0.456 e. The van der Waals surface area contributed by atoms with Gasteiger partial charge in [-0.1, -0.05) is 118 Å². The average molecular weight is 911 g/mol. The molecule has 346 valence electrons. The average Bonchev–Trinajstić information content (AvgIpc) is 4.13. The first kappa shape index (κ1) is 41.5. The van der Waals surface area contributed by atoms with Crippen molar-refractivity contribution in [1.82, 2.24) is 4.48 Å². The molecule has 4 unspecified atom stereocenters. The second-order valence-corrected chi connectivity index (χ2v) is 23.5. The number of fused-ring (bicyclic) bond motifs is 14. The third kappa shape index (κ3) is 5.89. The molecule has 0 amide bonds. The van der Waals surface area contributed by atoms with E-state index in [1.165, 1.54) is 171 Å². The molecule has 3 nitrogen and oxygen atoms in total. The van der Waals surface area contributed by atoms with Crippen molar-refractivity contribution in [3.05, 3.63) is 161 Å². The number of nitrogens with zero attached hydrogens (tertiary/aromatic N) is 2.